The summed E-state index contributed by atoms with van der Waals surface area (Å²) in [6.45, 7) is 5.81. The van der Waals surface area contributed by atoms with Gasteiger partial charge in [-0.3, -0.25) is 14.5 Å². The molecule has 0 saturated carbocycles. The van der Waals surface area contributed by atoms with Gasteiger partial charge in [-0.05, 0) is 31.4 Å². The Balaban J connectivity index is 2.49. The molecule has 0 spiro atoms. The molecule has 0 bridgehead atoms. The van der Waals surface area contributed by atoms with Crippen molar-refractivity contribution in [3.8, 4) is 0 Å². The number of amides is 2. The zero-order valence-corrected chi connectivity index (χ0v) is 12.3. The third-order valence-corrected chi connectivity index (χ3v) is 4.23. The summed E-state index contributed by atoms with van der Waals surface area (Å²) in [5.41, 5.74) is 0.0315. The predicted molar refractivity (Wildman–Crippen MR) is 79.5 cm³/mol. The van der Waals surface area contributed by atoms with E-state index >= 15 is 0 Å². The van der Waals surface area contributed by atoms with Gasteiger partial charge in [0.2, 0.25) is 5.91 Å². The van der Waals surface area contributed by atoms with E-state index in [0.29, 0.717) is 19.3 Å². The summed E-state index contributed by atoms with van der Waals surface area (Å²) in [5.74, 6) is -0.0557. The van der Waals surface area contributed by atoms with Gasteiger partial charge in [0.1, 0.15) is 11.6 Å². The maximum Gasteiger partial charge on any atom is 0.253 e. The molecule has 1 aliphatic heterocycles. The molecule has 2 rings (SSSR count). The highest BCUT2D eigenvalue weighted by Crippen LogP contribution is 2.30. The molecule has 1 heterocycles. The summed E-state index contributed by atoms with van der Waals surface area (Å²) in [7, 11) is 0. The Labute approximate surface area is 120 Å². The molecule has 0 aliphatic carbocycles. The molecule has 1 aliphatic rings. The average Bonchev–Trinajstić information content (AvgIpc) is 2.49. The van der Waals surface area contributed by atoms with Gasteiger partial charge in [0.25, 0.3) is 5.91 Å². The third kappa shape index (κ3) is 2.19. The number of carbonyl (C=O) groups is 2. The first-order valence-electron chi connectivity index (χ1n) is 7.30. The highest BCUT2D eigenvalue weighted by atomic mass is 16.2. The third-order valence-electron chi connectivity index (χ3n) is 4.23. The lowest BCUT2D eigenvalue weighted by molar-refractivity contribution is -0.138. The van der Waals surface area contributed by atoms with Crippen LogP contribution in [0.25, 0.3) is 0 Å². The summed E-state index contributed by atoms with van der Waals surface area (Å²) in [4.78, 5) is 27.0. The van der Waals surface area contributed by atoms with Crippen LogP contribution in [-0.4, -0.2) is 23.4 Å². The van der Waals surface area contributed by atoms with Crippen LogP contribution < -0.4 is 10.2 Å². The molecule has 1 saturated heterocycles. The zero-order valence-electron chi connectivity index (χ0n) is 12.3. The fraction of sp³-hybridized carbons (Fsp3) is 0.500. The molecule has 4 nitrogen and oxygen atoms in total. The SMILES string of the molecule is CCC1C(=O)NC(CC)(CC)C(=O)N1c1ccccc1. The van der Waals surface area contributed by atoms with Crippen molar-refractivity contribution < 1.29 is 9.59 Å². The average molecular weight is 274 g/mol. The fourth-order valence-electron chi connectivity index (χ4n) is 2.84. The van der Waals surface area contributed by atoms with Gasteiger partial charge >= 0.3 is 0 Å². The van der Waals surface area contributed by atoms with Gasteiger partial charge in [0.05, 0.1) is 0 Å². The molecule has 0 radical (unpaired) electrons. The highest BCUT2D eigenvalue weighted by Gasteiger charge is 2.48. The Bertz CT molecular complexity index is 494. The maximum absolute atomic E-state index is 12.9. The summed E-state index contributed by atoms with van der Waals surface area (Å²) in [6, 6.07) is 9.04. The van der Waals surface area contributed by atoms with Crippen molar-refractivity contribution in [3.63, 3.8) is 0 Å². The second-order valence-electron chi connectivity index (χ2n) is 5.21. The van der Waals surface area contributed by atoms with Gasteiger partial charge in [-0.25, -0.2) is 0 Å². The number of piperazine rings is 1. The van der Waals surface area contributed by atoms with Gasteiger partial charge < -0.3 is 5.32 Å². The quantitative estimate of drug-likeness (QED) is 0.917. The van der Waals surface area contributed by atoms with Crippen LogP contribution in [0.15, 0.2) is 30.3 Å². The number of carbonyl (C=O) groups excluding carboxylic acids is 2. The van der Waals surface area contributed by atoms with Crippen LogP contribution >= 0.6 is 0 Å². The Morgan fingerprint density at radius 3 is 2.20 bits per heavy atom. The molecule has 1 atom stereocenters. The van der Waals surface area contributed by atoms with Crippen molar-refractivity contribution in [2.24, 2.45) is 0 Å². The Kier molecular flexibility index (Phi) is 4.12. The van der Waals surface area contributed by atoms with E-state index in [9.17, 15) is 9.59 Å². The van der Waals surface area contributed by atoms with Crippen LogP contribution in [0.4, 0.5) is 5.69 Å². The molecule has 2 amide bonds. The van der Waals surface area contributed by atoms with Crippen LogP contribution in [0.5, 0.6) is 0 Å². The van der Waals surface area contributed by atoms with E-state index in [1.165, 1.54) is 0 Å². The number of benzene rings is 1. The van der Waals surface area contributed by atoms with E-state index in [-0.39, 0.29) is 11.8 Å². The number of hydrogen-bond donors (Lipinski definition) is 1. The maximum atomic E-state index is 12.9. The summed E-state index contributed by atoms with van der Waals surface area (Å²) in [5, 5.41) is 2.95. The second kappa shape index (κ2) is 5.65. The summed E-state index contributed by atoms with van der Waals surface area (Å²) in [6.07, 6.45) is 1.82. The molecule has 1 fully saturated rings. The standard InChI is InChI=1S/C16H22N2O2/c1-4-13-14(19)17-16(5-2,6-3)15(20)18(13)12-10-8-7-9-11-12/h7-11,13H,4-6H2,1-3H3,(H,17,19). The first-order chi connectivity index (χ1) is 9.59. The van der Waals surface area contributed by atoms with E-state index in [4.69, 9.17) is 0 Å². The fourth-order valence-corrected chi connectivity index (χ4v) is 2.84. The first-order valence-corrected chi connectivity index (χ1v) is 7.30. The lowest BCUT2D eigenvalue weighted by Gasteiger charge is -2.45. The number of nitrogens with zero attached hydrogens (tertiary/aromatic N) is 1. The van der Waals surface area contributed by atoms with Gasteiger partial charge in [-0.15, -0.1) is 0 Å². The van der Waals surface area contributed by atoms with Crippen molar-refractivity contribution in [2.45, 2.75) is 51.6 Å². The number of hydrogen-bond acceptors (Lipinski definition) is 2. The molecule has 108 valence electrons. The van der Waals surface area contributed by atoms with Crippen LogP contribution in [0.3, 0.4) is 0 Å². The van der Waals surface area contributed by atoms with Crippen molar-refractivity contribution in [3.05, 3.63) is 30.3 Å². The van der Waals surface area contributed by atoms with Gasteiger partial charge in [0.15, 0.2) is 0 Å². The summed E-state index contributed by atoms with van der Waals surface area (Å²) < 4.78 is 0. The van der Waals surface area contributed by atoms with Crippen molar-refractivity contribution in [1.29, 1.82) is 0 Å². The molecular formula is C16H22N2O2. The van der Waals surface area contributed by atoms with E-state index in [1.54, 1.807) is 4.90 Å². The first kappa shape index (κ1) is 14.6. The van der Waals surface area contributed by atoms with Gasteiger partial charge in [-0.2, -0.15) is 0 Å². The molecule has 20 heavy (non-hydrogen) atoms. The van der Waals surface area contributed by atoms with Gasteiger partial charge in [-0.1, -0.05) is 39.0 Å². The number of nitrogens with one attached hydrogen (secondary N) is 1. The second-order valence-corrected chi connectivity index (χ2v) is 5.21. The van der Waals surface area contributed by atoms with Crippen molar-refractivity contribution >= 4 is 17.5 Å². The predicted octanol–water partition coefficient (Wildman–Crippen LogP) is 2.49. The largest absolute Gasteiger partial charge is 0.340 e. The normalized spacial score (nSPS) is 21.8. The number of para-hydroxylation sites is 1. The van der Waals surface area contributed by atoms with Gasteiger partial charge in [0, 0.05) is 5.69 Å². The van der Waals surface area contributed by atoms with E-state index in [2.05, 4.69) is 5.32 Å². The van der Waals surface area contributed by atoms with Crippen LogP contribution in [0.1, 0.15) is 40.0 Å². The minimum Gasteiger partial charge on any atom is -0.340 e. The van der Waals surface area contributed by atoms with Crippen LogP contribution in [0, 0.1) is 0 Å². The Morgan fingerprint density at radius 1 is 1.10 bits per heavy atom. The zero-order chi connectivity index (χ0) is 14.8. The molecule has 1 unspecified atom stereocenters. The Morgan fingerprint density at radius 2 is 1.70 bits per heavy atom. The molecule has 1 aromatic carbocycles. The lowest BCUT2D eigenvalue weighted by atomic mass is 9.86. The monoisotopic (exact) mass is 274 g/mol. The van der Waals surface area contributed by atoms with Crippen molar-refractivity contribution in [2.75, 3.05) is 4.90 Å². The number of rotatable bonds is 4. The number of anilines is 1. The molecule has 4 heteroatoms. The minimum absolute atomic E-state index is 0.000139. The molecule has 1 N–H and O–H groups in total. The smallest absolute Gasteiger partial charge is 0.253 e. The highest BCUT2D eigenvalue weighted by molar-refractivity contribution is 6.10. The van der Waals surface area contributed by atoms with E-state index < -0.39 is 11.6 Å². The van der Waals surface area contributed by atoms with Crippen molar-refractivity contribution in [1.82, 2.24) is 5.32 Å². The van der Waals surface area contributed by atoms with Crippen LogP contribution in [-0.2, 0) is 9.59 Å². The molecule has 0 aromatic heterocycles. The lowest BCUT2D eigenvalue weighted by Crippen LogP contribution is -2.70. The van der Waals surface area contributed by atoms with E-state index in [0.717, 1.165) is 5.69 Å². The topological polar surface area (TPSA) is 49.4 Å². The van der Waals surface area contributed by atoms with Crippen LogP contribution in [0.2, 0.25) is 0 Å². The molecule has 1 aromatic rings. The molecular weight excluding hydrogens is 252 g/mol. The summed E-state index contributed by atoms with van der Waals surface area (Å²) >= 11 is 0. The Hall–Kier alpha value is -1.84. The van der Waals surface area contributed by atoms with E-state index in [1.807, 2.05) is 51.1 Å². The minimum atomic E-state index is -0.765.